The molecule has 5 nitrogen and oxygen atoms in total. The molecule has 23 heavy (non-hydrogen) atoms. The van der Waals surface area contributed by atoms with Gasteiger partial charge in [0.2, 0.25) is 5.91 Å². The maximum Gasteiger partial charge on any atom is 0.315 e. The van der Waals surface area contributed by atoms with Crippen molar-refractivity contribution in [3.8, 4) is 0 Å². The fourth-order valence-corrected chi connectivity index (χ4v) is 2.89. The van der Waals surface area contributed by atoms with E-state index in [1.54, 1.807) is 17.0 Å². The number of halogens is 2. The van der Waals surface area contributed by atoms with Crippen LogP contribution in [0.4, 0.5) is 9.18 Å². The minimum atomic E-state index is -0.371. The largest absolute Gasteiger partial charge is 0.341 e. The van der Waals surface area contributed by atoms with Crippen LogP contribution in [0.2, 0.25) is 5.02 Å². The van der Waals surface area contributed by atoms with Crippen LogP contribution < -0.4 is 10.6 Å². The number of hydrogen-bond donors (Lipinski definition) is 2. The molecular weight excluding hydrogens is 321 g/mol. The Bertz CT molecular complexity index is 562. The molecule has 1 aromatic rings. The second-order valence-corrected chi connectivity index (χ2v) is 5.94. The molecule has 1 heterocycles. The summed E-state index contributed by atoms with van der Waals surface area (Å²) in [5.41, 5.74) is 0.398. The third-order valence-corrected chi connectivity index (χ3v) is 4.25. The van der Waals surface area contributed by atoms with Crippen LogP contribution in [0, 0.1) is 5.82 Å². The van der Waals surface area contributed by atoms with Gasteiger partial charge in [-0.25, -0.2) is 9.18 Å². The number of carbonyl (C=O) groups excluding carboxylic acids is 2. The summed E-state index contributed by atoms with van der Waals surface area (Å²) in [7, 11) is 0. The molecule has 0 spiro atoms. The van der Waals surface area contributed by atoms with Gasteiger partial charge in [0.25, 0.3) is 0 Å². The second kappa shape index (κ2) is 8.15. The molecule has 0 radical (unpaired) electrons. The van der Waals surface area contributed by atoms with E-state index < -0.39 is 0 Å². The fraction of sp³-hybridized carbons (Fsp3) is 0.500. The molecule has 1 saturated heterocycles. The summed E-state index contributed by atoms with van der Waals surface area (Å²) in [6.45, 7) is 3.32. The number of benzene rings is 1. The Morgan fingerprint density at radius 1 is 1.43 bits per heavy atom. The molecule has 1 atom stereocenters. The first-order valence-corrected chi connectivity index (χ1v) is 8.14. The summed E-state index contributed by atoms with van der Waals surface area (Å²) in [4.78, 5) is 25.2. The number of amides is 3. The lowest BCUT2D eigenvalue weighted by Gasteiger charge is -2.16. The zero-order valence-corrected chi connectivity index (χ0v) is 13.8. The summed E-state index contributed by atoms with van der Waals surface area (Å²) < 4.78 is 13.6. The highest BCUT2D eigenvalue weighted by Crippen LogP contribution is 2.19. The van der Waals surface area contributed by atoms with Gasteiger partial charge < -0.3 is 15.5 Å². The molecule has 0 unspecified atom stereocenters. The van der Waals surface area contributed by atoms with E-state index in [2.05, 4.69) is 10.6 Å². The SMILES string of the molecule is CCC(=O)N1CC[C@@H](NC(=O)NCCc2c(F)cccc2Cl)C1. The topological polar surface area (TPSA) is 61.4 Å². The van der Waals surface area contributed by atoms with Gasteiger partial charge in [-0.15, -0.1) is 0 Å². The number of likely N-dealkylation sites (tertiary alicyclic amines) is 1. The Balaban J connectivity index is 1.73. The van der Waals surface area contributed by atoms with Crippen LogP contribution in [-0.2, 0) is 11.2 Å². The van der Waals surface area contributed by atoms with Gasteiger partial charge in [-0.1, -0.05) is 24.6 Å². The minimum Gasteiger partial charge on any atom is -0.341 e. The monoisotopic (exact) mass is 341 g/mol. The first-order valence-electron chi connectivity index (χ1n) is 7.76. The highest BCUT2D eigenvalue weighted by Gasteiger charge is 2.26. The third-order valence-electron chi connectivity index (χ3n) is 3.90. The maximum atomic E-state index is 13.6. The van der Waals surface area contributed by atoms with Crippen molar-refractivity contribution in [3.05, 3.63) is 34.6 Å². The molecule has 126 valence electrons. The first-order chi connectivity index (χ1) is 11.0. The van der Waals surface area contributed by atoms with Crippen LogP contribution in [0.3, 0.4) is 0 Å². The first kappa shape index (κ1) is 17.5. The van der Waals surface area contributed by atoms with Gasteiger partial charge in [0.05, 0.1) is 0 Å². The molecule has 1 aliphatic heterocycles. The molecule has 2 N–H and O–H groups in total. The summed E-state index contributed by atoms with van der Waals surface area (Å²) in [5, 5.41) is 5.88. The lowest BCUT2D eigenvalue weighted by molar-refractivity contribution is -0.129. The highest BCUT2D eigenvalue weighted by atomic mass is 35.5. The van der Waals surface area contributed by atoms with Gasteiger partial charge in [0, 0.05) is 42.7 Å². The molecular formula is C16H21ClFN3O2. The maximum absolute atomic E-state index is 13.6. The van der Waals surface area contributed by atoms with Crippen LogP contribution in [-0.4, -0.2) is 42.5 Å². The van der Waals surface area contributed by atoms with Gasteiger partial charge in [0.1, 0.15) is 5.82 Å². The normalized spacial score (nSPS) is 17.2. The van der Waals surface area contributed by atoms with E-state index in [1.807, 2.05) is 6.92 Å². The van der Waals surface area contributed by atoms with Crippen molar-refractivity contribution in [2.75, 3.05) is 19.6 Å². The molecule has 0 aliphatic carbocycles. The molecule has 1 aliphatic rings. The van der Waals surface area contributed by atoms with E-state index in [0.29, 0.717) is 36.5 Å². The predicted molar refractivity (Wildman–Crippen MR) is 86.9 cm³/mol. The van der Waals surface area contributed by atoms with Crippen molar-refractivity contribution in [1.29, 1.82) is 0 Å². The van der Waals surface area contributed by atoms with Crippen molar-refractivity contribution in [2.45, 2.75) is 32.2 Å². The van der Waals surface area contributed by atoms with Crippen LogP contribution in [0.5, 0.6) is 0 Å². The number of hydrogen-bond acceptors (Lipinski definition) is 2. The number of urea groups is 1. The smallest absolute Gasteiger partial charge is 0.315 e. The molecule has 0 bridgehead atoms. The van der Waals surface area contributed by atoms with E-state index in [0.717, 1.165) is 6.42 Å². The molecule has 0 saturated carbocycles. The van der Waals surface area contributed by atoms with Crippen LogP contribution in [0.25, 0.3) is 0 Å². The predicted octanol–water partition coefficient (Wildman–Crippen LogP) is 2.33. The van der Waals surface area contributed by atoms with Gasteiger partial charge in [-0.05, 0) is 25.0 Å². The van der Waals surface area contributed by atoms with Gasteiger partial charge in [0.15, 0.2) is 0 Å². The summed E-state index contributed by atoms with van der Waals surface area (Å²) in [6.07, 6.45) is 1.55. The van der Waals surface area contributed by atoms with E-state index in [1.165, 1.54) is 6.07 Å². The van der Waals surface area contributed by atoms with Gasteiger partial charge in [-0.2, -0.15) is 0 Å². The molecule has 1 aromatic carbocycles. The number of nitrogens with one attached hydrogen (secondary N) is 2. The Labute approximate surface area is 140 Å². The lowest BCUT2D eigenvalue weighted by atomic mass is 10.1. The summed E-state index contributed by atoms with van der Waals surface area (Å²) in [5.74, 6) is -0.270. The van der Waals surface area contributed by atoms with E-state index in [-0.39, 0.29) is 30.3 Å². The molecule has 0 aromatic heterocycles. The van der Waals surface area contributed by atoms with Crippen molar-refractivity contribution < 1.29 is 14.0 Å². The van der Waals surface area contributed by atoms with Crippen molar-refractivity contribution in [2.24, 2.45) is 0 Å². The number of nitrogens with zero attached hydrogens (tertiary/aromatic N) is 1. The Kier molecular flexibility index (Phi) is 6.21. The number of rotatable bonds is 5. The molecule has 3 amide bonds. The molecule has 7 heteroatoms. The van der Waals surface area contributed by atoms with Crippen molar-refractivity contribution in [1.82, 2.24) is 15.5 Å². The average Bonchev–Trinajstić information content (AvgIpc) is 2.98. The Morgan fingerprint density at radius 2 is 2.22 bits per heavy atom. The Morgan fingerprint density at radius 3 is 2.91 bits per heavy atom. The number of carbonyl (C=O) groups is 2. The van der Waals surface area contributed by atoms with Crippen molar-refractivity contribution >= 4 is 23.5 Å². The highest BCUT2D eigenvalue weighted by molar-refractivity contribution is 6.31. The average molecular weight is 342 g/mol. The van der Waals surface area contributed by atoms with E-state index in [9.17, 15) is 14.0 Å². The molecule has 2 rings (SSSR count). The molecule has 1 fully saturated rings. The minimum absolute atomic E-state index is 0.0393. The quantitative estimate of drug-likeness (QED) is 0.863. The van der Waals surface area contributed by atoms with E-state index >= 15 is 0 Å². The van der Waals surface area contributed by atoms with Gasteiger partial charge in [-0.3, -0.25) is 4.79 Å². The third kappa shape index (κ3) is 4.82. The lowest BCUT2D eigenvalue weighted by Crippen LogP contribution is -2.44. The van der Waals surface area contributed by atoms with E-state index in [4.69, 9.17) is 11.6 Å². The summed E-state index contributed by atoms with van der Waals surface area (Å²) >= 11 is 5.94. The zero-order chi connectivity index (χ0) is 16.8. The summed E-state index contributed by atoms with van der Waals surface area (Å²) in [6, 6.07) is 4.16. The van der Waals surface area contributed by atoms with Crippen LogP contribution in [0.15, 0.2) is 18.2 Å². The van der Waals surface area contributed by atoms with Crippen LogP contribution in [0.1, 0.15) is 25.3 Å². The van der Waals surface area contributed by atoms with Gasteiger partial charge >= 0.3 is 6.03 Å². The van der Waals surface area contributed by atoms with Crippen molar-refractivity contribution in [3.63, 3.8) is 0 Å². The second-order valence-electron chi connectivity index (χ2n) is 5.53. The standard InChI is InChI=1S/C16H21ClFN3O2/c1-2-15(22)21-9-7-11(10-21)20-16(23)19-8-6-12-13(17)4-3-5-14(12)18/h3-5,11H,2,6-10H2,1H3,(H2,19,20,23)/t11-/m1/s1. The van der Waals surface area contributed by atoms with Crippen LogP contribution >= 0.6 is 11.6 Å². The Hall–Kier alpha value is -1.82. The fourth-order valence-electron chi connectivity index (χ4n) is 2.64. The zero-order valence-electron chi connectivity index (χ0n) is 13.1.